The van der Waals surface area contributed by atoms with Gasteiger partial charge in [-0.05, 0) is 42.9 Å². The highest BCUT2D eigenvalue weighted by atomic mass is 32.2. The molecule has 0 bridgehead atoms. The maximum atomic E-state index is 13.6. The number of amidine groups is 1. The van der Waals surface area contributed by atoms with E-state index in [0.717, 1.165) is 12.0 Å². The molecule has 6 heteroatoms. The summed E-state index contributed by atoms with van der Waals surface area (Å²) in [4.78, 5) is 0. The Labute approximate surface area is 129 Å². The summed E-state index contributed by atoms with van der Waals surface area (Å²) in [7, 11) is 0. The lowest BCUT2D eigenvalue weighted by molar-refractivity contribution is 0.318. The van der Waals surface area contributed by atoms with E-state index in [1.807, 2.05) is 11.8 Å². The summed E-state index contributed by atoms with van der Waals surface area (Å²) in [6.45, 7) is 0.588. The molecule has 4 nitrogen and oxygen atoms in total. The first kappa shape index (κ1) is 16.1. The minimum Gasteiger partial charge on any atom is -0.409 e. The van der Waals surface area contributed by atoms with Gasteiger partial charge in [0.1, 0.15) is 5.82 Å². The molecule has 4 N–H and O–H groups in total. The van der Waals surface area contributed by atoms with Gasteiger partial charge < -0.3 is 16.3 Å². The van der Waals surface area contributed by atoms with E-state index < -0.39 is 0 Å². The number of hydrogen-bond donors (Lipinski definition) is 3. The van der Waals surface area contributed by atoms with Crippen molar-refractivity contribution in [3.05, 3.63) is 35.1 Å². The van der Waals surface area contributed by atoms with Gasteiger partial charge in [-0.25, -0.2) is 4.39 Å². The van der Waals surface area contributed by atoms with E-state index in [-0.39, 0.29) is 11.7 Å². The molecule has 2 rings (SSSR count). The molecule has 0 radical (unpaired) electrons. The molecule has 116 valence electrons. The zero-order chi connectivity index (χ0) is 15.2. The lowest BCUT2D eigenvalue weighted by Crippen LogP contribution is -2.40. The highest BCUT2D eigenvalue weighted by Crippen LogP contribution is 2.27. The first-order valence-electron chi connectivity index (χ1n) is 7.17. The molecule has 1 aromatic carbocycles. The van der Waals surface area contributed by atoms with Crippen molar-refractivity contribution in [2.24, 2.45) is 10.9 Å². The molecule has 0 heterocycles. The molecule has 0 saturated heterocycles. The van der Waals surface area contributed by atoms with E-state index >= 15 is 0 Å². The van der Waals surface area contributed by atoms with E-state index in [1.165, 1.54) is 31.4 Å². The Kier molecular flexibility index (Phi) is 5.87. The highest BCUT2D eigenvalue weighted by Gasteiger charge is 2.23. The smallest absolute Gasteiger partial charge is 0.170 e. The number of nitrogens with two attached hydrogens (primary N) is 1. The van der Waals surface area contributed by atoms with Crippen LogP contribution in [-0.4, -0.2) is 28.6 Å². The molecule has 1 aromatic rings. The summed E-state index contributed by atoms with van der Waals surface area (Å²) >= 11 is 1.90. The Hall–Kier alpha value is -1.27. The van der Waals surface area contributed by atoms with Gasteiger partial charge >= 0.3 is 0 Å². The molecule has 1 aliphatic carbocycles. The molecular formula is C15H22FN3OS. The third-order valence-corrected chi connectivity index (χ3v) is 5.10. The van der Waals surface area contributed by atoms with Gasteiger partial charge in [0.05, 0.1) is 0 Å². The number of rotatable bonds is 5. The summed E-state index contributed by atoms with van der Waals surface area (Å²) in [5.74, 6) is -0.448. The molecule has 21 heavy (non-hydrogen) atoms. The second-order valence-electron chi connectivity index (χ2n) is 5.38. The topological polar surface area (TPSA) is 70.6 Å². The third-order valence-electron chi connectivity index (χ3n) is 3.93. The number of thioether (sulfide) groups is 1. The van der Waals surface area contributed by atoms with E-state index in [2.05, 4.69) is 16.7 Å². The quantitative estimate of drug-likeness (QED) is 0.338. The van der Waals surface area contributed by atoms with Crippen molar-refractivity contribution in [1.29, 1.82) is 0 Å². The van der Waals surface area contributed by atoms with Crippen LogP contribution in [0.3, 0.4) is 0 Å². The first-order chi connectivity index (χ1) is 10.1. The van der Waals surface area contributed by atoms with Crippen LogP contribution in [0.4, 0.5) is 4.39 Å². The Balaban J connectivity index is 2.04. The van der Waals surface area contributed by atoms with Gasteiger partial charge in [-0.2, -0.15) is 11.8 Å². The molecule has 2 atom stereocenters. The number of hydrogen-bond acceptors (Lipinski definition) is 4. The fourth-order valence-corrected chi connectivity index (χ4v) is 3.78. The zero-order valence-corrected chi connectivity index (χ0v) is 13.0. The monoisotopic (exact) mass is 311 g/mol. The number of benzene rings is 1. The molecule has 0 amide bonds. The number of nitrogens with zero attached hydrogens (tertiary/aromatic N) is 1. The minimum absolute atomic E-state index is 0.0737. The van der Waals surface area contributed by atoms with Crippen molar-refractivity contribution in [2.45, 2.75) is 43.5 Å². The van der Waals surface area contributed by atoms with E-state index in [0.29, 0.717) is 23.4 Å². The minimum atomic E-state index is -0.374. The molecule has 0 spiro atoms. The van der Waals surface area contributed by atoms with Gasteiger partial charge in [-0.15, -0.1) is 0 Å². The van der Waals surface area contributed by atoms with Gasteiger partial charge in [0.25, 0.3) is 0 Å². The van der Waals surface area contributed by atoms with Crippen LogP contribution in [0.1, 0.15) is 36.8 Å². The fraction of sp³-hybridized carbons (Fsp3) is 0.533. The van der Waals surface area contributed by atoms with E-state index in [9.17, 15) is 4.39 Å². The van der Waals surface area contributed by atoms with Crippen LogP contribution in [0.5, 0.6) is 0 Å². The Morgan fingerprint density at radius 1 is 1.43 bits per heavy atom. The largest absolute Gasteiger partial charge is 0.409 e. The second-order valence-corrected chi connectivity index (χ2v) is 6.46. The maximum absolute atomic E-state index is 13.6. The third kappa shape index (κ3) is 4.35. The predicted molar refractivity (Wildman–Crippen MR) is 85.3 cm³/mol. The SMILES string of the molecule is CSC1CCCCC1NCc1cc(F)cc(/C(N)=N/O)c1. The summed E-state index contributed by atoms with van der Waals surface area (Å²) in [5.41, 5.74) is 6.73. The van der Waals surface area contributed by atoms with Gasteiger partial charge in [-0.1, -0.05) is 18.0 Å². The van der Waals surface area contributed by atoms with Gasteiger partial charge in [0, 0.05) is 23.4 Å². The molecule has 0 aromatic heterocycles. The Bertz CT molecular complexity index is 510. The average molecular weight is 311 g/mol. The summed E-state index contributed by atoms with van der Waals surface area (Å²) in [5, 5.41) is 15.8. The first-order valence-corrected chi connectivity index (χ1v) is 8.46. The molecule has 1 aliphatic rings. The van der Waals surface area contributed by atoms with Crippen molar-refractivity contribution >= 4 is 17.6 Å². The van der Waals surface area contributed by atoms with Crippen molar-refractivity contribution in [3.8, 4) is 0 Å². The van der Waals surface area contributed by atoms with Crippen molar-refractivity contribution in [3.63, 3.8) is 0 Å². The van der Waals surface area contributed by atoms with Gasteiger partial charge in [-0.3, -0.25) is 0 Å². The summed E-state index contributed by atoms with van der Waals surface area (Å²) < 4.78 is 13.6. The van der Waals surface area contributed by atoms with Crippen LogP contribution < -0.4 is 11.1 Å². The zero-order valence-electron chi connectivity index (χ0n) is 12.2. The predicted octanol–water partition coefficient (Wildman–Crippen LogP) is 2.68. The lowest BCUT2D eigenvalue weighted by atomic mass is 9.94. The summed E-state index contributed by atoms with van der Waals surface area (Å²) in [6.07, 6.45) is 7.07. The Morgan fingerprint density at radius 2 is 2.19 bits per heavy atom. The standard InChI is InChI=1S/C15H22FN3OS/c1-21-14-5-3-2-4-13(14)18-9-10-6-11(15(17)19-20)8-12(16)7-10/h6-8,13-14,18,20H,2-5,9H2,1H3,(H2,17,19). The van der Waals surface area contributed by atoms with Crippen molar-refractivity contribution < 1.29 is 9.60 Å². The number of halogens is 1. The molecule has 1 saturated carbocycles. The molecule has 2 unspecified atom stereocenters. The van der Waals surface area contributed by atoms with Crippen LogP contribution >= 0.6 is 11.8 Å². The number of nitrogens with one attached hydrogen (secondary N) is 1. The van der Waals surface area contributed by atoms with Crippen molar-refractivity contribution in [2.75, 3.05) is 6.26 Å². The number of oxime groups is 1. The van der Waals surface area contributed by atoms with Crippen molar-refractivity contribution in [1.82, 2.24) is 5.32 Å². The van der Waals surface area contributed by atoms with Crippen LogP contribution in [-0.2, 0) is 6.54 Å². The summed E-state index contributed by atoms with van der Waals surface area (Å²) in [6, 6.07) is 4.97. The molecule has 1 fully saturated rings. The van der Waals surface area contributed by atoms with Crippen LogP contribution in [0.2, 0.25) is 0 Å². The highest BCUT2D eigenvalue weighted by molar-refractivity contribution is 7.99. The normalized spacial score (nSPS) is 23.2. The maximum Gasteiger partial charge on any atom is 0.170 e. The fourth-order valence-electron chi connectivity index (χ4n) is 2.82. The molecular weight excluding hydrogens is 289 g/mol. The van der Waals surface area contributed by atoms with Gasteiger partial charge in [0.15, 0.2) is 5.84 Å². The van der Waals surface area contributed by atoms with E-state index in [1.54, 1.807) is 6.07 Å². The molecule has 0 aliphatic heterocycles. The average Bonchev–Trinajstić information content (AvgIpc) is 2.51. The second kappa shape index (κ2) is 7.66. The van der Waals surface area contributed by atoms with Crippen LogP contribution in [0, 0.1) is 5.82 Å². The van der Waals surface area contributed by atoms with Crippen LogP contribution in [0.25, 0.3) is 0 Å². The van der Waals surface area contributed by atoms with E-state index in [4.69, 9.17) is 10.9 Å². The van der Waals surface area contributed by atoms with Gasteiger partial charge in [0.2, 0.25) is 0 Å². The Morgan fingerprint density at radius 3 is 2.90 bits per heavy atom. The van der Waals surface area contributed by atoms with Crippen LogP contribution in [0.15, 0.2) is 23.4 Å². The lowest BCUT2D eigenvalue weighted by Gasteiger charge is -2.31.